The Morgan fingerprint density at radius 2 is 2.06 bits per heavy atom. The Bertz CT molecular complexity index is 430. The summed E-state index contributed by atoms with van der Waals surface area (Å²) in [6.45, 7) is 7.01. The van der Waals surface area contributed by atoms with E-state index in [2.05, 4.69) is 5.32 Å². The highest BCUT2D eigenvalue weighted by Gasteiger charge is 2.12. The van der Waals surface area contributed by atoms with Crippen LogP contribution in [0.4, 0.5) is 0 Å². The minimum atomic E-state index is -0.0569. The fourth-order valence-corrected chi connectivity index (χ4v) is 1.70. The van der Waals surface area contributed by atoms with Crippen molar-refractivity contribution in [1.29, 1.82) is 0 Å². The van der Waals surface area contributed by atoms with Gasteiger partial charge in [0, 0.05) is 12.1 Å². The van der Waals surface area contributed by atoms with Crippen molar-refractivity contribution in [2.45, 2.75) is 20.8 Å². The second-order valence-electron chi connectivity index (χ2n) is 4.69. The van der Waals surface area contributed by atoms with Gasteiger partial charge in [0.1, 0.15) is 5.75 Å². The number of methoxy groups -OCH3 is 1. The van der Waals surface area contributed by atoms with Gasteiger partial charge in [-0.3, -0.25) is 4.79 Å². The maximum Gasteiger partial charge on any atom is 0.251 e. The van der Waals surface area contributed by atoms with Crippen LogP contribution in [0, 0.1) is 19.8 Å². The maximum atomic E-state index is 12.0. The maximum absolute atomic E-state index is 12.0. The number of hydrogen-bond acceptors (Lipinski definition) is 3. The molecule has 0 radical (unpaired) electrons. The molecular formula is C14H22N2O2. The molecule has 0 bridgehead atoms. The zero-order valence-corrected chi connectivity index (χ0v) is 11.5. The van der Waals surface area contributed by atoms with Gasteiger partial charge in [-0.15, -0.1) is 0 Å². The fraction of sp³-hybridized carbons (Fsp3) is 0.500. The summed E-state index contributed by atoms with van der Waals surface area (Å²) < 4.78 is 5.23. The number of nitrogens with one attached hydrogen (secondary N) is 1. The highest BCUT2D eigenvalue weighted by Crippen LogP contribution is 2.22. The van der Waals surface area contributed by atoms with Crippen LogP contribution in [0.15, 0.2) is 12.1 Å². The van der Waals surface area contributed by atoms with E-state index in [1.54, 1.807) is 7.11 Å². The first-order valence-corrected chi connectivity index (χ1v) is 6.13. The number of rotatable bonds is 5. The number of carbonyl (C=O) groups excluding carboxylic acids is 1. The van der Waals surface area contributed by atoms with Gasteiger partial charge < -0.3 is 15.8 Å². The molecule has 1 aromatic carbocycles. The van der Waals surface area contributed by atoms with Gasteiger partial charge in [-0.1, -0.05) is 6.92 Å². The van der Waals surface area contributed by atoms with Gasteiger partial charge in [-0.05, 0) is 49.6 Å². The topological polar surface area (TPSA) is 64.3 Å². The molecule has 0 fully saturated rings. The summed E-state index contributed by atoms with van der Waals surface area (Å²) in [6.07, 6.45) is 0. The number of benzene rings is 1. The Balaban J connectivity index is 2.83. The third kappa shape index (κ3) is 3.47. The van der Waals surface area contributed by atoms with Crippen molar-refractivity contribution in [3.8, 4) is 5.75 Å². The van der Waals surface area contributed by atoms with Crippen molar-refractivity contribution < 1.29 is 9.53 Å². The van der Waals surface area contributed by atoms with Crippen LogP contribution >= 0.6 is 0 Å². The Morgan fingerprint density at radius 3 is 2.61 bits per heavy atom. The molecule has 4 heteroatoms. The van der Waals surface area contributed by atoms with E-state index >= 15 is 0 Å². The van der Waals surface area contributed by atoms with Crippen LogP contribution in [0.1, 0.15) is 28.4 Å². The van der Waals surface area contributed by atoms with E-state index in [0.717, 1.165) is 16.9 Å². The Labute approximate surface area is 109 Å². The lowest BCUT2D eigenvalue weighted by molar-refractivity contribution is 0.0948. The number of carbonyl (C=O) groups is 1. The van der Waals surface area contributed by atoms with Gasteiger partial charge in [0.15, 0.2) is 0 Å². The minimum Gasteiger partial charge on any atom is -0.496 e. The van der Waals surface area contributed by atoms with E-state index < -0.39 is 0 Å². The van der Waals surface area contributed by atoms with Crippen molar-refractivity contribution in [2.75, 3.05) is 20.2 Å². The van der Waals surface area contributed by atoms with Gasteiger partial charge in [0.2, 0.25) is 0 Å². The average Bonchev–Trinajstić information content (AvgIpc) is 2.37. The molecule has 0 aliphatic rings. The van der Waals surface area contributed by atoms with E-state index in [-0.39, 0.29) is 11.8 Å². The summed E-state index contributed by atoms with van der Waals surface area (Å²) in [5.74, 6) is 1.03. The summed E-state index contributed by atoms with van der Waals surface area (Å²) in [6, 6.07) is 3.74. The van der Waals surface area contributed by atoms with Crippen LogP contribution in [-0.2, 0) is 0 Å². The number of ether oxygens (including phenoxy) is 1. The molecule has 1 aromatic rings. The van der Waals surface area contributed by atoms with E-state index in [9.17, 15) is 4.79 Å². The highest BCUT2D eigenvalue weighted by atomic mass is 16.5. The van der Waals surface area contributed by atoms with Gasteiger partial charge in [-0.25, -0.2) is 0 Å². The number of nitrogens with two attached hydrogens (primary N) is 1. The lowest BCUT2D eigenvalue weighted by Gasteiger charge is -2.13. The number of aryl methyl sites for hydroxylation is 2. The van der Waals surface area contributed by atoms with Crippen molar-refractivity contribution in [3.05, 3.63) is 28.8 Å². The predicted molar refractivity (Wildman–Crippen MR) is 73.0 cm³/mol. The van der Waals surface area contributed by atoms with Crippen molar-refractivity contribution in [2.24, 2.45) is 11.7 Å². The van der Waals surface area contributed by atoms with Crippen molar-refractivity contribution in [3.63, 3.8) is 0 Å². The monoisotopic (exact) mass is 250 g/mol. The van der Waals surface area contributed by atoms with Gasteiger partial charge in [0.05, 0.1) is 7.11 Å². The third-order valence-corrected chi connectivity index (χ3v) is 3.00. The standard InChI is InChI=1S/C14H22N2O2/c1-9(7-15)8-16-14(17)12-5-11(3)13(18-4)6-10(12)2/h5-6,9H,7-8,15H2,1-4H3,(H,16,17). The molecular weight excluding hydrogens is 228 g/mol. The van der Waals surface area contributed by atoms with Gasteiger partial charge in [0.25, 0.3) is 5.91 Å². The van der Waals surface area contributed by atoms with E-state index in [1.807, 2.05) is 32.9 Å². The molecule has 4 nitrogen and oxygen atoms in total. The Kier molecular flexibility index (Phi) is 5.16. The second kappa shape index (κ2) is 6.40. The van der Waals surface area contributed by atoms with Crippen LogP contribution in [0.25, 0.3) is 0 Å². The molecule has 0 aliphatic carbocycles. The van der Waals surface area contributed by atoms with Crippen LogP contribution in [0.3, 0.4) is 0 Å². The highest BCUT2D eigenvalue weighted by molar-refractivity contribution is 5.96. The van der Waals surface area contributed by atoms with Crippen LogP contribution < -0.4 is 15.8 Å². The summed E-state index contributed by atoms with van der Waals surface area (Å²) in [5, 5.41) is 2.90. The molecule has 1 amide bonds. The summed E-state index contributed by atoms with van der Waals surface area (Å²) >= 11 is 0. The molecule has 0 aliphatic heterocycles. The van der Waals surface area contributed by atoms with Gasteiger partial charge in [-0.2, -0.15) is 0 Å². The lowest BCUT2D eigenvalue weighted by Crippen LogP contribution is -2.31. The summed E-state index contributed by atoms with van der Waals surface area (Å²) in [5.41, 5.74) is 8.08. The van der Waals surface area contributed by atoms with Crippen molar-refractivity contribution >= 4 is 5.91 Å². The SMILES string of the molecule is COc1cc(C)c(C(=O)NCC(C)CN)cc1C. The third-order valence-electron chi connectivity index (χ3n) is 3.00. The first-order chi connectivity index (χ1) is 8.49. The minimum absolute atomic E-state index is 0.0569. The number of hydrogen-bond donors (Lipinski definition) is 2. The first kappa shape index (κ1) is 14.5. The molecule has 0 saturated carbocycles. The molecule has 1 atom stereocenters. The quantitative estimate of drug-likeness (QED) is 0.835. The van der Waals surface area contributed by atoms with E-state index in [0.29, 0.717) is 18.7 Å². The fourth-order valence-electron chi connectivity index (χ4n) is 1.70. The van der Waals surface area contributed by atoms with Crippen LogP contribution in [0.5, 0.6) is 5.75 Å². The van der Waals surface area contributed by atoms with E-state index in [4.69, 9.17) is 10.5 Å². The molecule has 100 valence electrons. The summed E-state index contributed by atoms with van der Waals surface area (Å²) in [7, 11) is 1.63. The van der Waals surface area contributed by atoms with Gasteiger partial charge >= 0.3 is 0 Å². The average molecular weight is 250 g/mol. The zero-order valence-electron chi connectivity index (χ0n) is 11.5. The molecule has 0 heterocycles. The first-order valence-electron chi connectivity index (χ1n) is 6.13. The molecule has 1 unspecified atom stereocenters. The smallest absolute Gasteiger partial charge is 0.251 e. The second-order valence-corrected chi connectivity index (χ2v) is 4.69. The summed E-state index contributed by atoms with van der Waals surface area (Å²) in [4.78, 5) is 12.0. The Morgan fingerprint density at radius 1 is 1.39 bits per heavy atom. The zero-order chi connectivity index (χ0) is 13.7. The number of amides is 1. The van der Waals surface area contributed by atoms with E-state index in [1.165, 1.54) is 0 Å². The normalized spacial score (nSPS) is 12.1. The van der Waals surface area contributed by atoms with Crippen LogP contribution in [-0.4, -0.2) is 26.1 Å². The Hall–Kier alpha value is -1.55. The predicted octanol–water partition coefficient (Wildman–Crippen LogP) is 1.64. The van der Waals surface area contributed by atoms with Crippen LogP contribution in [0.2, 0.25) is 0 Å². The van der Waals surface area contributed by atoms with Crippen molar-refractivity contribution in [1.82, 2.24) is 5.32 Å². The molecule has 0 spiro atoms. The molecule has 0 saturated heterocycles. The molecule has 18 heavy (non-hydrogen) atoms. The molecule has 1 rings (SSSR count). The largest absolute Gasteiger partial charge is 0.496 e. The lowest BCUT2D eigenvalue weighted by atomic mass is 10.0. The molecule has 3 N–H and O–H groups in total. The molecule has 0 aromatic heterocycles.